The van der Waals surface area contributed by atoms with Crippen LogP contribution in [-0.2, 0) is 6.54 Å². The van der Waals surface area contributed by atoms with Gasteiger partial charge in [-0.1, -0.05) is 18.2 Å². The van der Waals surface area contributed by atoms with Crippen molar-refractivity contribution in [2.24, 2.45) is 0 Å². The Kier molecular flexibility index (Phi) is 5.41. The quantitative estimate of drug-likeness (QED) is 0.889. The molecule has 2 rings (SSSR count). The average molecular weight is 315 g/mol. The number of rotatable bonds is 5. The van der Waals surface area contributed by atoms with Crippen molar-refractivity contribution in [2.75, 3.05) is 0 Å². The molecule has 120 valence electrons. The Morgan fingerprint density at radius 2 is 1.78 bits per heavy atom. The largest absolute Gasteiger partial charge is 0.350 e. The highest BCUT2D eigenvalue weighted by molar-refractivity contribution is 5.99. The molecule has 6 heteroatoms. The molecule has 0 saturated heterocycles. The molecule has 0 aliphatic heterocycles. The first-order valence-electron chi connectivity index (χ1n) is 7.25. The Balaban J connectivity index is 2.05. The van der Waals surface area contributed by atoms with Crippen LogP contribution in [-0.4, -0.2) is 22.8 Å². The zero-order valence-electron chi connectivity index (χ0n) is 13.0. The van der Waals surface area contributed by atoms with E-state index >= 15 is 0 Å². The van der Waals surface area contributed by atoms with Gasteiger partial charge in [0, 0.05) is 30.5 Å². The molecule has 1 heterocycles. The molecule has 0 saturated carbocycles. The first-order chi connectivity index (χ1) is 11.0. The van der Waals surface area contributed by atoms with Gasteiger partial charge in [-0.3, -0.25) is 14.6 Å². The molecule has 2 amide bonds. The van der Waals surface area contributed by atoms with Crippen LogP contribution in [0.15, 0.2) is 42.7 Å². The number of nitrogens with zero attached hydrogens (tertiary/aromatic N) is 1. The van der Waals surface area contributed by atoms with Gasteiger partial charge in [0.2, 0.25) is 0 Å². The Morgan fingerprint density at radius 1 is 1.13 bits per heavy atom. The minimum absolute atomic E-state index is 0.0129. The van der Waals surface area contributed by atoms with E-state index in [1.165, 1.54) is 24.5 Å². The third kappa shape index (κ3) is 4.60. The fourth-order valence-electron chi connectivity index (χ4n) is 1.95. The normalized spacial score (nSPS) is 10.4. The van der Waals surface area contributed by atoms with Crippen molar-refractivity contribution >= 4 is 11.8 Å². The summed E-state index contributed by atoms with van der Waals surface area (Å²) in [6, 6.07) is 7.66. The number of carbonyl (C=O) groups excluding carboxylic acids is 2. The Bertz CT molecular complexity index is 716. The summed E-state index contributed by atoms with van der Waals surface area (Å²) in [5, 5.41) is 5.34. The molecule has 0 fully saturated rings. The van der Waals surface area contributed by atoms with Gasteiger partial charge in [0.25, 0.3) is 11.8 Å². The van der Waals surface area contributed by atoms with E-state index < -0.39 is 5.91 Å². The van der Waals surface area contributed by atoms with E-state index in [2.05, 4.69) is 15.6 Å². The first kappa shape index (κ1) is 16.6. The van der Waals surface area contributed by atoms with E-state index in [1.54, 1.807) is 18.2 Å². The van der Waals surface area contributed by atoms with Crippen molar-refractivity contribution in [3.63, 3.8) is 0 Å². The molecule has 5 nitrogen and oxygen atoms in total. The lowest BCUT2D eigenvalue weighted by Crippen LogP contribution is -2.30. The number of halogens is 1. The average Bonchev–Trinajstić information content (AvgIpc) is 2.53. The Hall–Kier alpha value is -2.76. The van der Waals surface area contributed by atoms with Crippen LogP contribution >= 0.6 is 0 Å². The highest BCUT2D eigenvalue weighted by Gasteiger charge is 2.12. The summed E-state index contributed by atoms with van der Waals surface area (Å²) >= 11 is 0. The highest BCUT2D eigenvalue weighted by atomic mass is 19.1. The van der Waals surface area contributed by atoms with Gasteiger partial charge in [-0.05, 0) is 26.0 Å². The fourth-order valence-corrected chi connectivity index (χ4v) is 1.95. The van der Waals surface area contributed by atoms with E-state index in [9.17, 15) is 14.0 Å². The number of pyridine rings is 1. The predicted octanol–water partition coefficient (Wildman–Crippen LogP) is 2.29. The van der Waals surface area contributed by atoms with Crippen molar-refractivity contribution in [1.82, 2.24) is 15.6 Å². The maximum Gasteiger partial charge on any atom is 0.253 e. The van der Waals surface area contributed by atoms with E-state index in [0.29, 0.717) is 11.1 Å². The maximum atomic E-state index is 13.5. The van der Waals surface area contributed by atoms with Gasteiger partial charge in [0.15, 0.2) is 0 Å². The smallest absolute Gasteiger partial charge is 0.253 e. The zero-order valence-corrected chi connectivity index (χ0v) is 13.0. The second-order valence-electron chi connectivity index (χ2n) is 5.36. The molecule has 0 aliphatic rings. The Labute approximate surface area is 133 Å². The molecular formula is C17H18FN3O2. The summed E-state index contributed by atoms with van der Waals surface area (Å²) in [6.45, 7) is 3.75. The summed E-state index contributed by atoms with van der Waals surface area (Å²) in [5.41, 5.74) is 0.942. The second kappa shape index (κ2) is 7.49. The van der Waals surface area contributed by atoms with Gasteiger partial charge in [-0.15, -0.1) is 0 Å². The van der Waals surface area contributed by atoms with Crippen molar-refractivity contribution in [3.8, 4) is 0 Å². The molecule has 0 atom stereocenters. The van der Waals surface area contributed by atoms with Gasteiger partial charge in [-0.25, -0.2) is 4.39 Å². The lowest BCUT2D eigenvalue weighted by molar-refractivity contribution is 0.0942. The number of aromatic nitrogens is 1. The molecular weight excluding hydrogens is 297 g/mol. The van der Waals surface area contributed by atoms with Gasteiger partial charge >= 0.3 is 0 Å². The number of hydrogen-bond acceptors (Lipinski definition) is 3. The summed E-state index contributed by atoms with van der Waals surface area (Å²) in [5.74, 6) is -1.09. The van der Waals surface area contributed by atoms with Crippen molar-refractivity contribution in [3.05, 3.63) is 65.2 Å². The number of benzene rings is 1. The monoisotopic (exact) mass is 315 g/mol. The van der Waals surface area contributed by atoms with E-state index in [-0.39, 0.29) is 29.9 Å². The summed E-state index contributed by atoms with van der Waals surface area (Å²) in [7, 11) is 0. The second-order valence-corrected chi connectivity index (χ2v) is 5.36. The lowest BCUT2D eigenvalue weighted by atomic mass is 10.1. The Morgan fingerprint density at radius 3 is 2.43 bits per heavy atom. The van der Waals surface area contributed by atoms with Gasteiger partial charge in [0.05, 0.1) is 11.1 Å². The fraction of sp³-hybridized carbons (Fsp3) is 0.235. The van der Waals surface area contributed by atoms with E-state index in [4.69, 9.17) is 0 Å². The molecule has 0 aliphatic carbocycles. The first-order valence-corrected chi connectivity index (χ1v) is 7.25. The van der Waals surface area contributed by atoms with Crippen LogP contribution < -0.4 is 10.6 Å². The molecule has 2 aromatic rings. The summed E-state index contributed by atoms with van der Waals surface area (Å²) in [4.78, 5) is 28.0. The third-order valence-corrected chi connectivity index (χ3v) is 3.08. The van der Waals surface area contributed by atoms with Gasteiger partial charge in [0.1, 0.15) is 5.82 Å². The summed E-state index contributed by atoms with van der Waals surface area (Å²) < 4.78 is 13.5. The maximum absolute atomic E-state index is 13.5. The number of hydrogen-bond donors (Lipinski definition) is 2. The molecule has 23 heavy (non-hydrogen) atoms. The third-order valence-electron chi connectivity index (χ3n) is 3.08. The predicted molar refractivity (Wildman–Crippen MR) is 84.4 cm³/mol. The van der Waals surface area contributed by atoms with Gasteiger partial charge in [-0.2, -0.15) is 0 Å². The molecule has 0 radical (unpaired) electrons. The van der Waals surface area contributed by atoms with Crippen LogP contribution in [0.2, 0.25) is 0 Å². The van der Waals surface area contributed by atoms with E-state index in [0.717, 1.165) is 0 Å². The minimum Gasteiger partial charge on any atom is -0.350 e. The molecule has 0 unspecified atom stereocenters. The van der Waals surface area contributed by atoms with E-state index in [1.807, 2.05) is 13.8 Å². The van der Waals surface area contributed by atoms with Crippen LogP contribution in [0.3, 0.4) is 0 Å². The number of nitrogens with one attached hydrogen (secondary N) is 2. The molecule has 2 N–H and O–H groups in total. The summed E-state index contributed by atoms with van der Waals surface area (Å²) in [6.07, 6.45) is 2.76. The lowest BCUT2D eigenvalue weighted by Gasteiger charge is -2.09. The van der Waals surface area contributed by atoms with Crippen LogP contribution in [0.25, 0.3) is 0 Å². The molecule has 1 aromatic carbocycles. The highest BCUT2D eigenvalue weighted by Crippen LogP contribution is 2.07. The zero-order chi connectivity index (χ0) is 16.8. The number of carbonyl (C=O) groups is 2. The van der Waals surface area contributed by atoms with Crippen molar-refractivity contribution < 1.29 is 14.0 Å². The minimum atomic E-state index is -0.417. The number of amides is 2. The van der Waals surface area contributed by atoms with Crippen LogP contribution in [0, 0.1) is 5.82 Å². The molecule has 0 spiro atoms. The van der Waals surface area contributed by atoms with Crippen molar-refractivity contribution in [2.45, 2.75) is 26.4 Å². The SMILES string of the molecule is CC(C)NC(=O)c1cncc(C(=O)NCc2ccccc2F)c1. The molecule has 1 aromatic heterocycles. The topological polar surface area (TPSA) is 71.1 Å². The van der Waals surface area contributed by atoms with Crippen LogP contribution in [0.5, 0.6) is 0 Å². The molecule has 0 bridgehead atoms. The standard InChI is InChI=1S/C17H18FN3O2/c1-11(2)21-17(23)14-7-13(8-19-9-14)16(22)20-10-12-5-3-4-6-15(12)18/h3-9,11H,10H2,1-2H3,(H,20,22)(H,21,23). The van der Waals surface area contributed by atoms with Gasteiger partial charge < -0.3 is 10.6 Å². The van der Waals surface area contributed by atoms with Crippen LogP contribution in [0.4, 0.5) is 4.39 Å². The van der Waals surface area contributed by atoms with Crippen LogP contribution in [0.1, 0.15) is 40.1 Å². The van der Waals surface area contributed by atoms with Crippen molar-refractivity contribution in [1.29, 1.82) is 0 Å².